The Morgan fingerprint density at radius 2 is 1.88 bits per heavy atom. The van der Waals surface area contributed by atoms with Crippen LogP contribution < -0.4 is 0 Å². The molecule has 0 aliphatic carbocycles. The Morgan fingerprint density at radius 3 is 2.50 bits per heavy atom. The van der Waals surface area contributed by atoms with Crippen molar-refractivity contribution in [3.05, 3.63) is 56.9 Å². The number of H-pyrrole nitrogens is 1. The maximum atomic E-state index is 12.9. The molecule has 1 amide bonds. The highest BCUT2D eigenvalue weighted by molar-refractivity contribution is 7.10. The van der Waals surface area contributed by atoms with E-state index < -0.39 is 12.0 Å². The molecular weight excluding hydrogens is 348 g/mol. The quantitative estimate of drug-likeness (QED) is 0.713. The van der Waals surface area contributed by atoms with Gasteiger partial charge in [0.25, 0.3) is 0 Å². The van der Waals surface area contributed by atoms with Crippen LogP contribution in [-0.4, -0.2) is 33.9 Å². The number of benzene rings is 1. The third-order valence-corrected chi connectivity index (χ3v) is 5.77. The number of carboxylic acids is 1. The van der Waals surface area contributed by atoms with Gasteiger partial charge in [0.1, 0.15) is 0 Å². The number of likely N-dealkylation sites (N-methyl/N-ethyl adjacent to an activating group) is 1. The molecule has 0 bridgehead atoms. The van der Waals surface area contributed by atoms with E-state index in [1.807, 2.05) is 32.2 Å². The van der Waals surface area contributed by atoms with Gasteiger partial charge >= 0.3 is 5.97 Å². The molecule has 0 spiro atoms. The lowest BCUT2D eigenvalue weighted by atomic mass is 10.0. The molecule has 0 saturated heterocycles. The molecular formula is C20H22N2O3S. The van der Waals surface area contributed by atoms with Crippen LogP contribution in [0.15, 0.2) is 29.6 Å². The summed E-state index contributed by atoms with van der Waals surface area (Å²) in [4.78, 5) is 30.0. The van der Waals surface area contributed by atoms with Crippen LogP contribution in [-0.2, 0) is 16.0 Å². The highest BCUT2D eigenvalue weighted by Crippen LogP contribution is 2.30. The monoisotopic (exact) mass is 370 g/mol. The number of carboxylic acid groups (broad SMARTS) is 1. The number of carbonyl (C=O) groups excluding carboxylic acids is 1. The lowest BCUT2D eigenvalue weighted by Crippen LogP contribution is -2.36. The van der Waals surface area contributed by atoms with Crippen molar-refractivity contribution in [2.45, 2.75) is 33.2 Å². The molecule has 0 radical (unpaired) electrons. The number of carbonyl (C=O) groups is 2. The smallest absolute Gasteiger partial charge is 0.331 e. The molecule has 0 saturated carbocycles. The molecule has 1 aromatic carbocycles. The van der Waals surface area contributed by atoms with E-state index in [9.17, 15) is 14.7 Å². The molecule has 2 N–H and O–H groups in total. The summed E-state index contributed by atoms with van der Waals surface area (Å²) in [5, 5.41) is 12.5. The lowest BCUT2D eigenvalue weighted by Gasteiger charge is -2.24. The van der Waals surface area contributed by atoms with E-state index in [4.69, 9.17) is 0 Å². The summed E-state index contributed by atoms with van der Waals surface area (Å²) in [6.45, 7) is 6.01. The lowest BCUT2D eigenvalue weighted by molar-refractivity contribution is -0.149. The van der Waals surface area contributed by atoms with E-state index in [-0.39, 0.29) is 12.3 Å². The Bertz CT molecular complexity index is 973. The molecule has 0 unspecified atom stereocenters. The largest absolute Gasteiger partial charge is 0.479 e. The number of fused-ring (bicyclic) bond motifs is 1. The maximum Gasteiger partial charge on any atom is 0.331 e. The predicted octanol–water partition coefficient (Wildman–Crippen LogP) is 3.98. The summed E-state index contributed by atoms with van der Waals surface area (Å²) in [6.07, 6.45) is 0.168. The van der Waals surface area contributed by atoms with Crippen molar-refractivity contribution in [3.63, 3.8) is 0 Å². The van der Waals surface area contributed by atoms with Gasteiger partial charge in [-0.2, -0.15) is 0 Å². The van der Waals surface area contributed by atoms with Gasteiger partial charge < -0.3 is 15.0 Å². The molecule has 2 heterocycles. The number of aromatic amines is 1. The summed E-state index contributed by atoms with van der Waals surface area (Å²) < 4.78 is 0. The summed E-state index contributed by atoms with van der Waals surface area (Å²) in [5.74, 6) is -1.23. The van der Waals surface area contributed by atoms with Crippen molar-refractivity contribution in [2.24, 2.45) is 0 Å². The molecule has 0 aliphatic heterocycles. The second kappa shape index (κ2) is 6.96. The number of aromatic nitrogens is 1. The number of aliphatic carboxylic acids is 1. The summed E-state index contributed by atoms with van der Waals surface area (Å²) in [5.41, 5.74) is 5.16. The molecule has 1 atom stereocenters. The van der Waals surface area contributed by atoms with E-state index in [1.165, 1.54) is 16.2 Å². The van der Waals surface area contributed by atoms with Gasteiger partial charge in [-0.25, -0.2) is 4.79 Å². The maximum absolute atomic E-state index is 12.9. The second-order valence-corrected chi connectivity index (χ2v) is 7.59. The molecule has 6 heteroatoms. The van der Waals surface area contributed by atoms with Gasteiger partial charge in [-0.1, -0.05) is 18.2 Å². The molecule has 0 aliphatic rings. The van der Waals surface area contributed by atoms with Crippen LogP contribution in [0.4, 0.5) is 0 Å². The summed E-state index contributed by atoms with van der Waals surface area (Å²) in [6, 6.07) is 6.69. The zero-order valence-corrected chi connectivity index (χ0v) is 16.1. The van der Waals surface area contributed by atoms with Crippen LogP contribution in [0.1, 0.15) is 33.3 Å². The summed E-state index contributed by atoms with van der Waals surface area (Å²) >= 11 is 1.34. The molecule has 0 fully saturated rings. The Kier molecular flexibility index (Phi) is 4.87. The number of hydrogen-bond acceptors (Lipinski definition) is 3. The molecule has 2 aromatic heterocycles. The van der Waals surface area contributed by atoms with E-state index >= 15 is 0 Å². The summed E-state index contributed by atoms with van der Waals surface area (Å²) in [7, 11) is 1.56. The van der Waals surface area contributed by atoms with Gasteiger partial charge in [0.2, 0.25) is 5.91 Å². The van der Waals surface area contributed by atoms with Crippen molar-refractivity contribution in [1.29, 1.82) is 0 Å². The Balaban J connectivity index is 1.95. The van der Waals surface area contributed by atoms with Crippen molar-refractivity contribution in [2.75, 3.05) is 7.05 Å². The standard InChI is InChI=1S/C20H22N2O3S/c1-11-7-8-12(2)18-17(11)14(13(3)21-18)10-16(23)22(4)19(20(24)25)15-6-5-9-26-15/h5-9,19,21H,10H2,1-4H3,(H,24,25)/t19-/m1/s1. The third kappa shape index (κ3) is 3.12. The second-order valence-electron chi connectivity index (χ2n) is 6.62. The fourth-order valence-electron chi connectivity index (χ4n) is 3.38. The number of aryl methyl sites for hydroxylation is 3. The van der Waals surface area contributed by atoms with Crippen LogP contribution in [0, 0.1) is 20.8 Å². The Hall–Kier alpha value is -2.60. The number of amides is 1. The molecule has 3 rings (SSSR count). The van der Waals surface area contributed by atoms with E-state index in [2.05, 4.69) is 11.1 Å². The van der Waals surface area contributed by atoms with Gasteiger partial charge in [0, 0.05) is 28.5 Å². The minimum absolute atomic E-state index is 0.168. The highest BCUT2D eigenvalue weighted by Gasteiger charge is 2.30. The zero-order valence-electron chi connectivity index (χ0n) is 15.3. The fraction of sp³-hybridized carbons (Fsp3) is 0.300. The van der Waals surface area contributed by atoms with E-state index in [0.717, 1.165) is 33.3 Å². The van der Waals surface area contributed by atoms with E-state index in [0.29, 0.717) is 4.88 Å². The van der Waals surface area contributed by atoms with E-state index in [1.54, 1.807) is 19.2 Å². The Labute approximate surface area is 156 Å². The molecule has 136 valence electrons. The first-order valence-electron chi connectivity index (χ1n) is 8.40. The van der Waals surface area contributed by atoms with Crippen molar-refractivity contribution < 1.29 is 14.7 Å². The number of rotatable bonds is 5. The topological polar surface area (TPSA) is 73.4 Å². The van der Waals surface area contributed by atoms with Gasteiger partial charge in [-0.05, 0) is 48.9 Å². The van der Waals surface area contributed by atoms with Crippen LogP contribution in [0.3, 0.4) is 0 Å². The van der Waals surface area contributed by atoms with Crippen molar-refractivity contribution >= 4 is 34.1 Å². The first-order valence-corrected chi connectivity index (χ1v) is 9.28. The average molecular weight is 370 g/mol. The van der Waals surface area contributed by atoms with Crippen molar-refractivity contribution in [1.82, 2.24) is 9.88 Å². The van der Waals surface area contributed by atoms with Crippen molar-refractivity contribution in [3.8, 4) is 0 Å². The van der Waals surface area contributed by atoms with Gasteiger partial charge in [-0.3, -0.25) is 4.79 Å². The SMILES string of the molecule is Cc1[nH]c2c(C)ccc(C)c2c1CC(=O)N(C)[C@@H](C(=O)O)c1cccs1. The van der Waals surface area contributed by atoms with Gasteiger partial charge in [-0.15, -0.1) is 11.3 Å². The fourth-order valence-corrected chi connectivity index (χ4v) is 4.24. The minimum Gasteiger partial charge on any atom is -0.479 e. The first-order chi connectivity index (χ1) is 12.3. The highest BCUT2D eigenvalue weighted by atomic mass is 32.1. The normalized spacial score (nSPS) is 12.3. The Morgan fingerprint density at radius 1 is 1.19 bits per heavy atom. The average Bonchev–Trinajstić information content (AvgIpc) is 3.20. The zero-order chi connectivity index (χ0) is 19.0. The van der Waals surface area contributed by atoms with Gasteiger partial charge in [0.15, 0.2) is 6.04 Å². The number of thiophene rings is 1. The number of nitrogens with zero attached hydrogens (tertiary/aromatic N) is 1. The van der Waals surface area contributed by atoms with Crippen LogP contribution in [0.25, 0.3) is 10.9 Å². The van der Waals surface area contributed by atoms with Gasteiger partial charge in [0.05, 0.1) is 6.42 Å². The molecule has 26 heavy (non-hydrogen) atoms. The minimum atomic E-state index is -1.02. The third-order valence-electron chi connectivity index (χ3n) is 4.84. The first kappa shape index (κ1) is 18.2. The van der Waals surface area contributed by atoms with Crippen LogP contribution >= 0.6 is 11.3 Å². The molecule has 5 nitrogen and oxygen atoms in total. The molecule has 3 aromatic rings. The number of nitrogens with one attached hydrogen (secondary N) is 1. The predicted molar refractivity (Wildman–Crippen MR) is 104 cm³/mol. The number of hydrogen-bond donors (Lipinski definition) is 2. The van der Waals surface area contributed by atoms with Crippen LogP contribution in [0.5, 0.6) is 0 Å². The van der Waals surface area contributed by atoms with Crippen LogP contribution in [0.2, 0.25) is 0 Å².